The molecule has 0 saturated carbocycles. The van der Waals surface area contributed by atoms with Crippen molar-refractivity contribution < 1.29 is 4.62 Å². The van der Waals surface area contributed by atoms with Crippen molar-refractivity contribution in [1.82, 2.24) is 10.4 Å². The number of likely N-dealkylation sites (tertiary alicyclic amines) is 1. The van der Waals surface area contributed by atoms with Crippen LogP contribution in [0, 0.1) is 5.92 Å². The van der Waals surface area contributed by atoms with Crippen LogP contribution in [0.25, 0.3) is 0 Å². The molecule has 13 heavy (non-hydrogen) atoms. The van der Waals surface area contributed by atoms with Crippen LogP contribution in [-0.4, -0.2) is 44.9 Å². The Bertz CT molecular complexity index is 136. The Hall–Kier alpha value is 0.310. The van der Waals surface area contributed by atoms with Gasteiger partial charge >= 0.3 is 0 Å². The van der Waals surface area contributed by atoms with E-state index in [-0.39, 0.29) is 8.15 Å². The van der Waals surface area contributed by atoms with Gasteiger partial charge in [-0.25, -0.2) is 0 Å². The van der Waals surface area contributed by atoms with Gasteiger partial charge in [-0.2, -0.15) is 5.48 Å². The number of hydrogen-bond donors (Lipinski definition) is 1. The maximum absolute atomic E-state index is 5.37. The van der Waals surface area contributed by atoms with Crippen LogP contribution in [0.15, 0.2) is 0 Å². The first-order valence-corrected chi connectivity index (χ1v) is 7.09. The molecule has 0 radical (unpaired) electrons. The molecule has 0 aromatic rings. The lowest BCUT2D eigenvalue weighted by molar-refractivity contribution is 0.157. The monoisotopic (exact) mass is 204 g/mol. The van der Waals surface area contributed by atoms with Crippen molar-refractivity contribution in [2.24, 2.45) is 5.92 Å². The number of rotatable bonds is 4. The minimum absolute atomic E-state index is 0.258. The smallest absolute Gasteiger partial charge is 0.0481 e. The quantitative estimate of drug-likeness (QED) is 0.555. The summed E-state index contributed by atoms with van der Waals surface area (Å²) in [5, 5.41) is 0. The minimum atomic E-state index is -0.258. The standard InChI is InChI=1S/C9H21N2OP/c1-11-6-4-9(5-7-11)8-10-12-13(2)3/h9-10H,4-8H2,1-3H3. The number of piperidine rings is 1. The number of nitrogens with zero attached hydrogens (tertiary/aromatic N) is 1. The summed E-state index contributed by atoms with van der Waals surface area (Å²) in [5.74, 6) is 0.811. The molecule has 0 aromatic carbocycles. The van der Waals surface area contributed by atoms with Crippen LogP contribution in [0.1, 0.15) is 12.8 Å². The largest absolute Gasteiger partial charge is 0.306 e. The molecule has 0 amide bonds. The molecule has 0 atom stereocenters. The van der Waals surface area contributed by atoms with Crippen LogP contribution in [0.4, 0.5) is 0 Å². The van der Waals surface area contributed by atoms with E-state index in [1.807, 2.05) is 0 Å². The Morgan fingerprint density at radius 3 is 2.54 bits per heavy atom. The number of hydrogen-bond acceptors (Lipinski definition) is 3. The zero-order valence-corrected chi connectivity index (χ0v) is 9.81. The van der Waals surface area contributed by atoms with Gasteiger partial charge in [0.05, 0.1) is 0 Å². The van der Waals surface area contributed by atoms with Gasteiger partial charge in [0.1, 0.15) is 0 Å². The Kier molecular flexibility index (Phi) is 5.18. The molecule has 1 heterocycles. The molecule has 0 unspecified atom stereocenters. The van der Waals surface area contributed by atoms with Crippen LogP contribution in [0.2, 0.25) is 0 Å². The minimum Gasteiger partial charge on any atom is -0.306 e. The molecule has 0 aliphatic carbocycles. The molecule has 1 fully saturated rings. The van der Waals surface area contributed by atoms with Crippen molar-refractivity contribution in [2.75, 3.05) is 40.0 Å². The van der Waals surface area contributed by atoms with Gasteiger partial charge in [0.15, 0.2) is 0 Å². The summed E-state index contributed by atoms with van der Waals surface area (Å²) in [6.07, 6.45) is 2.61. The fraction of sp³-hybridized carbons (Fsp3) is 1.00. The van der Waals surface area contributed by atoms with E-state index in [1.165, 1.54) is 25.9 Å². The van der Waals surface area contributed by atoms with E-state index < -0.39 is 0 Å². The molecular formula is C9H21N2OP. The van der Waals surface area contributed by atoms with Crippen LogP contribution in [0.5, 0.6) is 0 Å². The summed E-state index contributed by atoms with van der Waals surface area (Å²) in [6.45, 7) is 7.71. The highest BCUT2D eigenvalue weighted by Crippen LogP contribution is 2.24. The highest BCUT2D eigenvalue weighted by Gasteiger charge is 2.16. The highest BCUT2D eigenvalue weighted by atomic mass is 31.1. The zero-order chi connectivity index (χ0) is 9.68. The molecule has 1 aliphatic rings. The van der Waals surface area contributed by atoms with Crippen LogP contribution < -0.4 is 5.48 Å². The fourth-order valence-electron chi connectivity index (χ4n) is 1.55. The molecule has 3 nitrogen and oxygen atoms in total. The molecule has 1 rings (SSSR count). The Morgan fingerprint density at radius 1 is 1.38 bits per heavy atom. The number of nitrogens with one attached hydrogen (secondary N) is 1. The SMILES string of the molecule is CN1CCC(CNOP(C)C)CC1. The molecule has 4 heteroatoms. The van der Waals surface area contributed by atoms with E-state index >= 15 is 0 Å². The highest BCUT2D eigenvalue weighted by molar-refractivity contribution is 7.50. The Balaban J connectivity index is 2.02. The molecule has 1 aliphatic heterocycles. The van der Waals surface area contributed by atoms with Crippen molar-refractivity contribution in [2.45, 2.75) is 12.8 Å². The number of hydroxylamine groups is 1. The van der Waals surface area contributed by atoms with E-state index in [0.717, 1.165) is 12.5 Å². The molecular weight excluding hydrogens is 183 g/mol. The van der Waals surface area contributed by atoms with E-state index in [2.05, 4.69) is 30.8 Å². The Morgan fingerprint density at radius 2 is 2.00 bits per heavy atom. The van der Waals surface area contributed by atoms with Crippen LogP contribution >= 0.6 is 8.15 Å². The third-order valence-corrected chi connectivity index (χ3v) is 2.95. The van der Waals surface area contributed by atoms with Gasteiger partial charge in [0.2, 0.25) is 0 Å². The van der Waals surface area contributed by atoms with Crippen molar-refractivity contribution >= 4 is 8.15 Å². The van der Waals surface area contributed by atoms with Crippen molar-refractivity contribution in [3.8, 4) is 0 Å². The predicted molar refractivity (Wildman–Crippen MR) is 58.1 cm³/mol. The first-order valence-electron chi connectivity index (χ1n) is 4.94. The lowest BCUT2D eigenvalue weighted by Crippen LogP contribution is -2.34. The van der Waals surface area contributed by atoms with Gasteiger partial charge in [0, 0.05) is 14.7 Å². The van der Waals surface area contributed by atoms with Gasteiger partial charge in [0.25, 0.3) is 0 Å². The second-order valence-corrected chi connectivity index (χ2v) is 5.81. The molecule has 0 bridgehead atoms. The average molecular weight is 204 g/mol. The first kappa shape index (κ1) is 11.4. The van der Waals surface area contributed by atoms with Crippen molar-refractivity contribution in [1.29, 1.82) is 0 Å². The molecule has 1 saturated heterocycles. The zero-order valence-electron chi connectivity index (χ0n) is 8.92. The van der Waals surface area contributed by atoms with Gasteiger partial charge in [-0.1, -0.05) is 0 Å². The molecule has 1 N–H and O–H groups in total. The third-order valence-electron chi connectivity index (χ3n) is 2.46. The molecule has 0 spiro atoms. The van der Waals surface area contributed by atoms with Gasteiger partial charge in [-0.15, -0.1) is 0 Å². The summed E-state index contributed by atoms with van der Waals surface area (Å²) in [4.78, 5) is 2.39. The van der Waals surface area contributed by atoms with Crippen LogP contribution in [-0.2, 0) is 4.62 Å². The van der Waals surface area contributed by atoms with E-state index in [9.17, 15) is 0 Å². The van der Waals surface area contributed by atoms with Crippen molar-refractivity contribution in [3.63, 3.8) is 0 Å². The lowest BCUT2D eigenvalue weighted by Gasteiger charge is -2.28. The molecule has 0 aromatic heterocycles. The van der Waals surface area contributed by atoms with Crippen LogP contribution in [0.3, 0.4) is 0 Å². The summed E-state index contributed by atoms with van der Waals surface area (Å²) in [7, 11) is 1.93. The molecule has 78 valence electrons. The maximum atomic E-state index is 5.37. The van der Waals surface area contributed by atoms with E-state index in [4.69, 9.17) is 4.62 Å². The Labute approximate surface area is 82.6 Å². The fourth-order valence-corrected chi connectivity index (χ4v) is 1.88. The summed E-state index contributed by atoms with van der Waals surface area (Å²) in [6, 6.07) is 0. The maximum Gasteiger partial charge on any atom is 0.0481 e. The topological polar surface area (TPSA) is 24.5 Å². The first-order chi connectivity index (χ1) is 6.18. The van der Waals surface area contributed by atoms with E-state index in [1.54, 1.807) is 0 Å². The van der Waals surface area contributed by atoms with Crippen molar-refractivity contribution in [3.05, 3.63) is 0 Å². The van der Waals surface area contributed by atoms with Gasteiger partial charge in [-0.3, -0.25) is 4.62 Å². The average Bonchev–Trinajstić information content (AvgIpc) is 2.08. The lowest BCUT2D eigenvalue weighted by atomic mass is 9.98. The third kappa shape index (κ3) is 4.92. The second kappa shape index (κ2) is 5.92. The van der Waals surface area contributed by atoms with E-state index in [0.29, 0.717) is 0 Å². The predicted octanol–water partition coefficient (Wildman–Crippen LogP) is 1.51. The second-order valence-electron chi connectivity index (χ2n) is 4.00. The van der Waals surface area contributed by atoms with Gasteiger partial charge < -0.3 is 4.90 Å². The summed E-state index contributed by atoms with van der Waals surface area (Å²) in [5.41, 5.74) is 3.08. The van der Waals surface area contributed by atoms with Gasteiger partial charge in [-0.05, 0) is 52.2 Å². The summed E-state index contributed by atoms with van der Waals surface area (Å²) >= 11 is 0. The normalized spacial score (nSPS) is 21.2. The summed E-state index contributed by atoms with van der Waals surface area (Å²) < 4.78 is 5.37.